The van der Waals surface area contributed by atoms with Gasteiger partial charge in [-0.25, -0.2) is 4.39 Å². The maximum Gasteiger partial charge on any atom is 0.309 e. The van der Waals surface area contributed by atoms with Gasteiger partial charge in [0.25, 0.3) is 0 Å². The van der Waals surface area contributed by atoms with Crippen LogP contribution in [0.25, 0.3) is 0 Å². The van der Waals surface area contributed by atoms with Crippen molar-refractivity contribution in [2.24, 2.45) is 5.92 Å². The van der Waals surface area contributed by atoms with Gasteiger partial charge in [-0.15, -0.1) is 0 Å². The normalized spacial score (nSPS) is 14.5. The van der Waals surface area contributed by atoms with Crippen LogP contribution in [0.2, 0.25) is 0 Å². The molecule has 0 saturated carbocycles. The zero-order valence-electron chi connectivity index (χ0n) is 18.6. The third-order valence-corrected chi connectivity index (χ3v) is 4.72. The lowest BCUT2D eigenvalue weighted by atomic mass is 9.86. The van der Waals surface area contributed by atoms with Crippen molar-refractivity contribution in [1.82, 2.24) is 0 Å². The largest absolute Gasteiger partial charge is 0.461 e. The summed E-state index contributed by atoms with van der Waals surface area (Å²) in [4.78, 5) is 24.7. The molecule has 0 N–H and O–H groups in total. The number of hydrogen-bond donors (Lipinski definition) is 0. The van der Waals surface area contributed by atoms with Crippen LogP contribution < -0.4 is 0 Å². The molecule has 0 aromatic heterocycles. The smallest absolute Gasteiger partial charge is 0.309 e. The van der Waals surface area contributed by atoms with Crippen LogP contribution in [0.3, 0.4) is 0 Å². The molecule has 4 nitrogen and oxygen atoms in total. The first-order valence-electron chi connectivity index (χ1n) is 10.2. The highest BCUT2D eigenvalue weighted by molar-refractivity contribution is 5.80. The Labute approximate surface area is 178 Å². The summed E-state index contributed by atoms with van der Waals surface area (Å²) < 4.78 is 25.7. The molecule has 0 bridgehead atoms. The first-order valence-corrected chi connectivity index (χ1v) is 10.2. The van der Waals surface area contributed by atoms with Crippen molar-refractivity contribution in [2.75, 3.05) is 0 Å². The molecule has 2 aromatic carbocycles. The van der Waals surface area contributed by atoms with Crippen LogP contribution in [0.5, 0.6) is 0 Å². The van der Waals surface area contributed by atoms with Crippen LogP contribution in [0, 0.1) is 18.7 Å². The molecule has 0 fully saturated rings. The highest BCUT2D eigenvalue weighted by Gasteiger charge is 2.30. The summed E-state index contributed by atoms with van der Waals surface area (Å²) >= 11 is 0. The van der Waals surface area contributed by atoms with E-state index in [1.165, 1.54) is 6.07 Å². The molecular weight excluding hydrogens is 383 g/mol. The van der Waals surface area contributed by atoms with E-state index < -0.39 is 35.5 Å². The summed E-state index contributed by atoms with van der Waals surface area (Å²) in [5.41, 5.74) is 1.51. The summed E-state index contributed by atoms with van der Waals surface area (Å²) in [5.74, 6) is -2.44. The topological polar surface area (TPSA) is 52.6 Å². The minimum Gasteiger partial charge on any atom is -0.461 e. The van der Waals surface area contributed by atoms with Crippen LogP contribution in [0.4, 0.5) is 4.39 Å². The van der Waals surface area contributed by atoms with Crippen molar-refractivity contribution < 1.29 is 23.5 Å². The Morgan fingerprint density at radius 2 is 1.67 bits per heavy atom. The van der Waals surface area contributed by atoms with Crippen molar-refractivity contribution in [1.29, 1.82) is 0 Å². The van der Waals surface area contributed by atoms with E-state index in [1.54, 1.807) is 40.7 Å². The third-order valence-electron chi connectivity index (χ3n) is 4.72. The quantitative estimate of drug-likeness (QED) is 0.556. The Balaban J connectivity index is 2.19. The van der Waals surface area contributed by atoms with Gasteiger partial charge in [0.2, 0.25) is 0 Å². The Hall–Kier alpha value is -2.69. The number of hydrogen-bond acceptors (Lipinski definition) is 4. The second-order valence-electron chi connectivity index (χ2n) is 8.75. The van der Waals surface area contributed by atoms with Crippen molar-refractivity contribution in [3.63, 3.8) is 0 Å². The maximum absolute atomic E-state index is 14.8. The molecule has 3 atom stereocenters. The fourth-order valence-electron chi connectivity index (χ4n) is 3.33. The standard InChI is InChI=1S/C25H31FO4/c1-16-12-13-20(21(26)14-16)23(19-10-8-7-9-11-19)18(3)29-24(28)17(2)15-22(27)30-25(4,5)6/h7-14,17-18,23H,15H2,1-6H3/t17-,18+,23-/m1/s1. The monoisotopic (exact) mass is 414 g/mol. The Kier molecular flexibility index (Phi) is 7.77. The first kappa shape index (κ1) is 23.6. The number of rotatable bonds is 7. The van der Waals surface area contributed by atoms with Gasteiger partial charge in [0, 0.05) is 5.92 Å². The van der Waals surface area contributed by atoms with Crippen molar-refractivity contribution in [3.8, 4) is 0 Å². The summed E-state index contributed by atoms with van der Waals surface area (Å²) in [6.45, 7) is 10.5. The van der Waals surface area contributed by atoms with E-state index in [0.29, 0.717) is 5.56 Å². The number of aryl methyl sites for hydroxylation is 1. The van der Waals surface area contributed by atoms with Gasteiger partial charge < -0.3 is 9.47 Å². The van der Waals surface area contributed by atoms with Gasteiger partial charge in [0.15, 0.2) is 0 Å². The SMILES string of the molecule is Cc1ccc([C@@H](c2ccccc2)[C@H](C)OC(=O)[C@H](C)CC(=O)OC(C)(C)C)c(F)c1. The zero-order valence-corrected chi connectivity index (χ0v) is 18.6. The molecule has 0 heterocycles. The van der Waals surface area contributed by atoms with Crippen molar-refractivity contribution in [2.45, 2.75) is 65.6 Å². The van der Waals surface area contributed by atoms with Gasteiger partial charge >= 0.3 is 11.9 Å². The second-order valence-corrected chi connectivity index (χ2v) is 8.75. The van der Waals surface area contributed by atoms with Crippen LogP contribution in [-0.2, 0) is 19.1 Å². The van der Waals surface area contributed by atoms with Crippen LogP contribution in [-0.4, -0.2) is 23.6 Å². The highest BCUT2D eigenvalue weighted by atomic mass is 19.1. The molecule has 2 rings (SSSR count). The summed E-state index contributed by atoms with van der Waals surface area (Å²) in [7, 11) is 0. The predicted octanol–water partition coefficient (Wildman–Crippen LogP) is 5.57. The maximum atomic E-state index is 14.8. The molecule has 162 valence electrons. The molecular formula is C25H31FO4. The molecule has 0 radical (unpaired) electrons. The van der Waals surface area contributed by atoms with Crippen LogP contribution >= 0.6 is 0 Å². The van der Waals surface area contributed by atoms with Gasteiger partial charge in [0.1, 0.15) is 17.5 Å². The first-order chi connectivity index (χ1) is 14.0. The second kappa shape index (κ2) is 9.88. The van der Waals surface area contributed by atoms with Gasteiger partial charge in [-0.1, -0.05) is 49.4 Å². The third kappa shape index (κ3) is 6.68. The number of halogens is 1. The van der Waals surface area contributed by atoms with Gasteiger partial charge in [0.05, 0.1) is 12.3 Å². The van der Waals surface area contributed by atoms with E-state index in [1.807, 2.05) is 43.3 Å². The highest BCUT2D eigenvalue weighted by Crippen LogP contribution is 2.32. The summed E-state index contributed by atoms with van der Waals surface area (Å²) in [6, 6.07) is 14.4. The molecule has 30 heavy (non-hydrogen) atoms. The van der Waals surface area contributed by atoms with Crippen molar-refractivity contribution >= 4 is 11.9 Å². The predicted molar refractivity (Wildman–Crippen MR) is 115 cm³/mol. The number of benzene rings is 2. The van der Waals surface area contributed by atoms with E-state index in [-0.39, 0.29) is 12.2 Å². The van der Waals surface area contributed by atoms with Gasteiger partial charge in [-0.05, 0) is 57.4 Å². The summed E-state index contributed by atoms with van der Waals surface area (Å²) in [6.07, 6.45) is -0.698. The Morgan fingerprint density at radius 3 is 2.23 bits per heavy atom. The lowest BCUT2D eigenvalue weighted by Gasteiger charge is -2.27. The number of carbonyl (C=O) groups is 2. The van der Waals surface area contributed by atoms with Gasteiger partial charge in [-0.3, -0.25) is 9.59 Å². The molecule has 0 saturated heterocycles. The number of carbonyl (C=O) groups excluding carboxylic acids is 2. The van der Waals surface area contributed by atoms with Gasteiger partial charge in [-0.2, -0.15) is 0 Å². The van der Waals surface area contributed by atoms with Crippen LogP contribution in [0.15, 0.2) is 48.5 Å². The fourth-order valence-corrected chi connectivity index (χ4v) is 3.33. The Bertz CT molecular complexity index is 870. The van der Waals surface area contributed by atoms with E-state index in [2.05, 4.69) is 0 Å². The van der Waals surface area contributed by atoms with E-state index in [9.17, 15) is 14.0 Å². The minimum absolute atomic E-state index is 0.0717. The lowest BCUT2D eigenvalue weighted by molar-refractivity contribution is -0.163. The fraction of sp³-hybridized carbons (Fsp3) is 0.440. The molecule has 0 spiro atoms. The number of esters is 2. The molecule has 0 aliphatic heterocycles. The van der Waals surface area contributed by atoms with E-state index in [4.69, 9.17) is 9.47 Å². The molecule has 2 aromatic rings. The number of ether oxygens (including phenoxy) is 2. The summed E-state index contributed by atoms with van der Waals surface area (Å²) in [5, 5.41) is 0. The van der Waals surface area contributed by atoms with E-state index in [0.717, 1.165) is 11.1 Å². The molecule has 0 aliphatic carbocycles. The van der Waals surface area contributed by atoms with E-state index >= 15 is 0 Å². The average Bonchev–Trinajstić information content (AvgIpc) is 2.63. The van der Waals surface area contributed by atoms with Crippen molar-refractivity contribution in [3.05, 3.63) is 71.0 Å². The zero-order chi connectivity index (χ0) is 22.5. The molecule has 0 aliphatic rings. The van der Waals surface area contributed by atoms with Crippen LogP contribution in [0.1, 0.15) is 63.6 Å². The molecule has 5 heteroatoms. The Morgan fingerprint density at radius 1 is 1.03 bits per heavy atom. The molecule has 0 unspecified atom stereocenters. The average molecular weight is 415 g/mol. The molecule has 0 amide bonds. The minimum atomic E-state index is -0.665. The lowest BCUT2D eigenvalue weighted by Crippen LogP contribution is -2.30.